The third-order valence-corrected chi connectivity index (χ3v) is 2.88. The summed E-state index contributed by atoms with van der Waals surface area (Å²) >= 11 is 1.75. The van der Waals surface area contributed by atoms with Crippen LogP contribution in [0.5, 0.6) is 0 Å². The minimum absolute atomic E-state index is 0.703. The molecule has 0 saturated carbocycles. The first-order chi connectivity index (χ1) is 6.68. The molecule has 1 rings (SSSR count). The summed E-state index contributed by atoms with van der Waals surface area (Å²) in [5.74, 6) is 1.44. The fourth-order valence-electron chi connectivity index (χ4n) is 1.38. The van der Waals surface area contributed by atoms with Crippen molar-refractivity contribution in [1.82, 2.24) is 10.3 Å². The van der Waals surface area contributed by atoms with Crippen LogP contribution in [0.25, 0.3) is 0 Å². The number of hydrogen-bond donors (Lipinski definition) is 1. The third kappa shape index (κ3) is 4.72. The molecule has 0 bridgehead atoms. The van der Waals surface area contributed by atoms with Crippen molar-refractivity contribution >= 4 is 11.3 Å². The normalized spacial score (nSPS) is 13.4. The van der Waals surface area contributed by atoms with Gasteiger partial charge in [-0.15, -0.1) is 11.3 Å². The third-order valence-electron chi connectivity index (χ3n) is 2.08. The lowest BCUT2D eigenvalue weighted by molar-refractivity contribution is 0.475. The van der Waals surface area contributed by atoms with E-state index in [2.05, 4.69) is 31.1 Å². The summed E-state index contributed by atoms with van der Waals surface area (Å²) in [6.45, 7) is 8.98. The summed E-state index contributed by atoms with van der Waals surface area (Å²) in [4.78, 5) is 5.47. The fraction of sp³-hybridized carbons (Fsp3) is 0.727. The zero-order valence-electron chi connectivity index (χ0n) is 9.29. The van der Waals surface area contributed by atoms with Crippen molar-refractivity contribution in [1.29, 1.82) is 0 Å². The Morgan fingerprint density at radius 1 is 1.36 bits per heavy atom. The van der Waals surface area contributed by atoms with Crippen molar-refractivity contribution in [2.24, 2.45) is 11.8 Å². The van der Waals surface area contributed by atoms with Gasteiger partial charge in [0.05, 0.1) is 5.51 Å². The Bertz CT molecular complexity index is 231. The molecule has 1 atom stereocenters. The second-order valence-electron chi connectivity index (χ2n) is 4.33. The summed E-state index contributed by atoms with van der Waals surface area (Å²) < 4.78 is 0. The maximum atomic E-state index is 4.08. The van der Waals surface area contributed by atoms with Crippen molar-refractivity contribution in [3.63, 3.8) is 0 Å². The topological polar surface area (TPSA) is 24.9 Å². The Morgan fingerprint density at radius 3 is 2.71 bits per heavy atom. The van der Waals surface area contributed by atoms with Gasteiger partial charge in [-0.1, -0.05) is 20.8 Å². The first kappa shape index (κ1) is 11.7. The van der Waals surface area contributed by atoms with Crippen LogP contribution in [0, 0.1) is 11.8 Å². The standard InChI is InChI=1S/C11H20N2S/c1-9(2)5-12-6-10(3)4-11-7-13-8-14-11/h7-10,12H,4-6H2,1-3H3. The van der Waals surface area contributed by atoms with Gasteiger partial charge in [0, 0.05) is 11.1 Å². The lowest BCUT2D eigenvalue weighted by Gasteiger charge is -2.12. The van der Waals surface area contributed by atoms with Crippen LogP contribution in [0.1, 0.15) is 25.6 Å². The zero-order valence-corrected chi connectivity index (χ0v) is 10.1. The van der Waals surface area contributed by atoms with E-state index >= 15 is 0 Å². The van der Waals surface area contributed by atoms with Gasteiger partial charge in [0.25, 0.3) is 0 Å². The minimum atomic E-state index is 0.703. The molecule has 0 radical (unpaired) electrons. The van der Waals surface area contributed by atoms with Gasteiger partial charge in [-0.05, 0) is 31.3 Å². The van der Waals surface area contributed by atoms with Crippen molar-refractivity contribution in [3.8, 4) is 0 Å². The Labute approximate surface area is 90.8 Å². The predicted octanol–water partition coefficient (Wildman–Crippen LogP) is 2.57. The number of nitrogens with one attached hydrogen (secondary N) is 1. The molecule has 0 aliphatic rings. The van der Waals surface area contributed by atoms with E-state index < -0.39 is 0 Å². The first-order valence-corrected chi connectivity index (χ1v) is 6.14. The molecule has 1 N–H and O–H groups in total. The molecule has 1 heterocycles. The van der Waals surface area contributed by atoms with Gasteiger partial charge < -0.3 is 5.32 Å². The average molecular weight is 212 g/mol. The highest BCUT2D eigenvalue weighted by Gasteiger charge is 2.04. The highest BCUT2D eigenvalue weighted by Crippen LogP contribution is 2.11. The maximum Gasteiger partial charge on any atom is 0.0794 e. The molecule has 3 heteroatoms. The van der Waals surface area contributed by atoms with Crippen LogP contribution in [0.3, 0.4) is 0 Å². The minimum Gasteiger partial charge on any atom is -0.316 e. The molecule has 0 saturated heterocycles. The summed E-state index contributed by atoms with van der Waals surface area (Å²) in [5, 5.41) is 3.48. The van der Waals surface area contributed by atoms with Gasteiger partial charge in [-0.25, -0.2) is 0 Å². The number of aromatic nitrogens is 1. The van der Waals surface area contributed by atoms with E-state index in [-0.39, 0.29) is 0 Å². The highest BCUT2D eigenvalue weighted by molar-refractivity contribution is 7.09. The molecular formula is C11H20N2S. The maximum absolute atomic E-state index is 4.08. The molecule has 80 valence electrons. The Morgan fingerprint density at radius 2 is 2.14 bits per heavy atom. The van der Waals surface area contributed by atoms with Crippen LogP contribution >= 0.6 is 11.3 Å². The van der Waals surface area contributed by atoms with Crippen molar-refractivity contribution in [2.75, 3.05) is 13.1 Å². The van der Waals surface area contributed by atoms with E-state index in [0.717, 1.165) is 25.4 Å². The van der Waals surface area contributed by atoms with Gasteiger partial charge >= 0.3 is 0 Å². The number of hydrogen-bond acceptors (Lipinski definition) is 3. The van der Waals surface area contributed by atoms with E-state index in [1.807, 2.05) is 11.7 Å². The number of rotatable bonds is 6. The molecule has 0 aliphatic heterocycles. The van der Waals surface area contributed by atoms with Crippen LogP contribution in [0.4, 0.5) is 0 Å². The SMILES string of the molecule is CC(C)CNCC(C)Cc1cncs1. The Balaban J connectivity index is 2.13. The smallest absolute Gasteiger partial charge is 0.0794 e. The molecule has 0 fully saturated rings. The van der Waals surface area contributed by atoms with Crippen molar-refractivity contribution in [2.45, 2.75) is 27.2 Å². The van der Waals surface area contributed by atoms with Crippen molar-refractivity contribution in [3.05, 3.63) is 16.6 Å². The molecule has 0 amide bonds. The van der Waals surface area contributed by atoms with Crippen LogP contribution in [0.15, 0.2) is 11.7 Å². The lowest BCUT2D eigenvalue weighted by Crippen LogP contribution is -2.25. The van der Waals surface area contributed by atoms with Crippen LogP contribution in [0.2, 0.25) is 0 Å². The number of thiazole rings is 1. The molecule has 1 aromatic rings. The van der Waals surface area contributed by atoms with E-state index in [1.165, 1.54) is 4.88 Å². The van der Waals surface area contributed by atoms with Gasteiger partial charge in [-0.2, -0.15) is 0 Å². The van der Waals surface area contributed by atoms with Crippen LogP contribution in [-0.4, -0.2) is 18.1 Å². The molecule has 1 aromatic heterocycles. The van der Waals surface area contributed by atoms with E-state index in [4.69, 9.17) is 0 Å². The van der Waals surface area contributed by atoms with Gasteiger partial charge in [0.2, 0.25) is 0 Å². The lowest BCUT2D eigenvalue weighted by atomic mass is 10.1. The molecule has 14 heavy (non-hydrogen) atoms. The van der Waals surface area contributed by atoms with Gasteiger partial charge in [0.15, 0.2) is 0 Å². The van der Waals surface area contributed by atoms with Gasteiger partial charge in [-0.3, -0.25) is 4.98 Å². The summed E-state index contributed by atoms with van der Waals surface area (Å²) in [5.41, 5.74) is 1.91. The molecule has 0 aromatic carbocycles. The second kappa shape index (κ2) is 6.14. The summed E-state index contributed by atoms with van der Waals surface area (Å²) in [6.07, 6.45) is 3.12. The molecular weight excluding hydrogens is 192 g/mol. The monoisotopic (exact) mass is 212 g/mol. The van der Waals surface area contributed by atoms with E-state index in [9.17, 15) is 0 Å². The average Bonchev–Trinajstić information content (AvgIpc) is 2.56. The van der Waals surface area contributed by atoms with Crippen molar-refractivity contribution < 1.29 is 0 Å². The Hall–Kier alpha value is -0.410. The first-order valence-electron chi connectivity index (χ1n) is 5.26. The second-order valence-corrected chi connectivity index (χ2v) is 5.30. The van der Waals surface area contributed by atoms with E-state index in [0.29, 0.717) is 5.92 Å². The molecule has 0 spiro atoms. The molecule has 2 nitrogen and oxygen atoms in total. The van der Waals surface area contributed by atoms with Crippen LogP contribution in [-0.2, 0) is 6.42 Å². The highest BCUT2D eigenvalue weighted by atomic mass is 32.1. The fourth-order valence-corrected chi connectivity index (χ4v) is 2.14. The zero-order chi connectivity index (χ0) is 10.4. The summed E-state index contributed by atoms with van der Waals surface area (Å²) in [6, 6.07) is 0. The summed E-state index contributed by atoms with van der Waals surface area (Å²) in [7, 11) is 0. The van der Waals surface area contributed by atoms with Crippen LogP contribution < -0.4 is 5.32 Å². The van der Waals surface area contributed by atoms with Gasteiger partial charge in [0.1, 0.15) is 0 Å². The molecule has 1 unspecified atom stereocenters. The quantitative estimate of drug-likeness (QED) is 0.784. The largest absolute Gasteiger partial charge is 0.316 e. The predicted molar refractivity (Wildman–Crippen MR) is 62.7 cm³/mol. The Kier molecular flexibility index (Phi) is 5.12. The number of nitrogens with zero attached hydrogens (tertiary/aromatic N) is 1. The molecule has 0 aliphatic carbocycles. The van der Waals surface area contributed by atoms with E-state index in [1.54, 1.807) is 11.3 Å².